The van der Waals surface area contributed by atoms with Gasteiger partial charge in [0, 0.05) is 25.7 Å². The molecule has 1 aliphatic heterocycles. The largest absolute Gasteiger partial charge is 0.389 e. The summed E-state index contributed by atoms with van der Waals surface area (Å²) in [6.45, 7) is 3.54. The van der Waals surface area contributed by atoms with Gasteiger partial charge in [-0.3, -0.25) is 4.90 Å². The van der Waals surface area contributed by atoms with Crippen molar-refractivity contribution >= 4 is 0 Å². The molecule has 0 unspecified atom stereocenters. The standard InChI is InChI=1S/C15H30N2O3/c16-13(10-12-4-2-1-3-5-12)15(19)14(18)11-17-6-8-20-9-7-17/h12-15,18-19H,1-11,16H2/t13-,14+,15+/m0/s1. The van der Waals surface area contributed by atoms with E-state index in [-0.39, 0.29) is 6.04 Å². The molecule has 1 saturated carbocycles. The van der Waals surface area contributed by atoms with E-state index < -0.39 is 12.2 Å². The number of ether oxygens (including phenoxy) is 1. The monoisotopic (exact) mass is 286 g/mol. The second-order valence-electron chi connectivity index (χ2n) is 6.37. The lowest BCUT2D eigenvalue weighted by molar-refractivity contribution is -0.0390. The molecule has 0 aromatic heterocycles. The maximum Gasteiger partial charge on any atom is 0.0962 e. The molecular formula is C15H30N2O3. The van der Waals surface area contributed by atoms with Gasteiger partial charge in [-0.15, -0.1) is 0 Å². The second-order valence-corrected chi connectivity index (χ2v) is 6.37. The number of hydrogen-bond donors (Lipinski definition) is 3. The van der Waals surface area contributed by atoms with Gasteiger partial charge in [-0.1, -0.05) is 32.1 Å². The van der Waals surface area contributed by atoms with E-state index in [1.54, 1.807) is 0 Å². The van der Waals surface area contributed by atoms with Crippen LogP contribution in [0, 0.1) is 5.92 Å². The molecule has 0 amide bonds. The first-order valence-corrected chi connectivity index (χ1v) is 8.08. The summed E-state index contributed by atoms with van der Waals surface area (Å²) in [5, 5.41) is 20.4. The molecule has 1 aliphatic carbocycles. The van der Waals surface area contributed by atoms with E-state index in [1.165, 1.54) is 32.1 Å². The van der Waals surface area contributed by atoms with E-state index in [0.29, 0.717) is 25.7 Å². The third-order valence-corrected chi connectivity index (χ3v) is 4.71. The number of morpholine rings is 1. The summed E-state index contributed by atoms with van der Waals surface area (Å²) < 4.78 is 5.28. The van der Waals surface area contributed by atoms with E-state index >= 15 is 0 Å². The van der Waals surface area contributed by atoms with Gasteiger partial charge < -0.3 is 20.7 Å². The zero-order valence-corrected chi connectivity index (χ0v) is 12.4. The first-order valence-electron chi connectivity index (χ1n) is 8.08. The van der Waals surface area contributed by atoms with E-state index in [4.69, 9.17) is 10.5 Å². The lowest BCUT2D eigenvalue weighted by Crippen LogP contribution is -2.50. The van der Waals surface area contributed by atoms with Gasteiger partial charge in [-0.25, -0.2) is 0 Å². The summed E-state index contributed by atoms with van der Waals surface area (Å²) in [7, 11) is 0. The molecule has 0 spiro atoms. The zero-order valence-electron chi connectivity index (χ0n) is 12.4. The highest BCUT2D eigenvalue weighted by atomic mass is 16.5. The highest BCUT2D eigenvalue weighted by Gasteiger charge is 2.28. The number of β-amino-alcohol motifs (C(OH)–C–C–N with tert-alkyl or cyclic N) is 1. The van der Waals surface area contributed by atoms with Crippen LogP contribution >= 0.6 is 0 Å². The Bertz CT molecular complexity index is 240. The minimum atomic E-state index is -0.820. The number of rotatable bonds is 6. The van der Waals surface area contributed by atoms with Gasteiger partial charge in [0.25, 0.3) is 0 Å². The highest BCUT2D eigenvalue weighted by Crippen LogP contribution is 2.27. The minimum absolute atomic E-state index is 0.311. The van der Waals surface area contributed by atoms with Crippen LogP contribution in [-0.2, 0) is 4.74 Å². The maximum atomic E-state index is 10.2. The molecule has 2 fully saturated rings. The number of aliphatic hydroxyl groups excluding tert-OH is 2. The Morgan fingerprint density at radius 1 is 1.10 bits per heavy atom. The van der Waals surface area contributed by atoms with Gasteiger partial charge in [-0.05, 0) is 12.3 Å². The minimum Gasteiger partial charge on any atom is -0.389 e. The molecule has 5 heteroatoms. The van der Waals surface area contributed by atoms with Crippen molar-refractivity contribution in [2.45, 2.75) is 56.8 Å². The topological polar surface area (TPSA) is 79.0 Å². The van der Waals surface area contributed by atoms with Crippen LogP contribution in [0.25, 0.3) is 0 Å². The lowest BCUT2D eigenvalue weighted by Gasteiger charge is -2.33. The first kappa shape index (κ1) is 16.2. The van der Waals surface area contributed by atoms with Crippen LogP contribution in [0.2, 0.25) is 0 Å². The molecular weight excluding hydrogens is 256 g/mol. The van der Waals surface area contributed by atoms with Gasteiger partial charge in [0.15, 0.2) is 0 Å². The molecule has 2 aliphatic rings. The fraction of sp³-hybridized carbons (Fsp3) is 1.00. The molecule has 118 valence electrons. The van der Waals surface area contributed by atoms with Crippen molar-refractivity contribution in [1.82, 2.24) is 4.90 Å². The summed E-state index contributed by atoms with van der Waals surface area (Å²) in [6, 6.07) is -0.311. The summed E-state index contributed by atoms with van der Waals surface area (Å²) in [4.78, 5) is 2.13. The van der Waals surface area contributed by atoms with Crippen LogP contribution in [0.15, 0.2) is 0 Å². The summed E-state index contributed by atoms with van der Waals surface area (Å²) in [5.74, 6) is 0.629. The molecule has 0 aromatic carbocycles. The fourth-order valence-electron chi connectivity index (χ4n) is 3.39. The Kier molecular flexibility index (Phi) is 6.71. The van der Waals surface area contributed by atoms with Crippen LogP contribution in [0.3, 0.4) is 0 Å². The maximum absolute atomic E-state index is 10.2. The molecule has 0 bridgehead atoms. The van der Waals surface area contributed by atoms with Crippen LogP contribution in [0.4, 0.5) is 0 Å². The molecule has 3 atom stereocenters. The number of nitrogens with zero attached hydrogens (tertiary/aromatic N) is 1. The van der Waals surface area contributed by atoms with Crippen molar-refractivity contribution < 1.29 is 14.9 Å². The summed E-state index contributed by atoms with van der Waals surface area (Å²) >= 11 is 0. The van der Waals surface area contributed by atoms with Gasteiger partial charge in [-0.2, -0.15) is 0 Å². The molecule has 5 nitrogen and oxygen atoms in total. The highest BCUT2D eigenvalue weighted by molar-refractivity contribution is 4.84. The molecule has 1 heterocycles. The quantitative estimate of drug-likeness (QED) is 0.656. The molecule has 4 N–H and O–H groups in total. The Morgan fingerprint density at radius 2 is 1.75 bits per heavy atom. The molecule has 2 rings (SSSR count). The predicted octanol–water partition coefficient (Wildman–Crippen LogP) is 0.338. The van der Waals surface area contributed by atoms with Gasteiger partial charge >= 0.3 is 0 Å². The lowest BCUT2D eigenvalue weighted by atomic mass is 9.83. The zero-order chi connectivity index (χ0) is 14.4. The molecule has 0 aromatic rings. The smallest absolute Gasteiger partial charge is 0.0962 e. The average Bonchev–Trinajstić information content (AvgIpc) is 2.48. The Morgan fingerprint density at radius 3 is 2.40 bits per heavy atom. The Balaban J connectivity index is 1.71. The van der Waals surface area contributed by atoms with Gasteiger partial charge in [0.05, 0.1) is 25.4 Å². The van der Waals surface area contributed by atoms with Crippen LogP contribution in [0.1, 0.15) is 38.5 Å². The van der Waals surface area contributed by atoms with Crippen molar-refractivity contribution in [3.8, 4) is 0 Å². The van der Waals surface area contributed by atoms with Crippen molar-refractivity contribution in [2.24, 2.45) is 11.7 Å². The molecule has 0 radical (unpaired) electrons. The van der Waals surface area contributed by atoms with E-state index in [1.807, 2.05) is 0 Å². The molecule has 20 heavy (non-hydrogen) atoms. The average molecular weight is 286 g/mol. The van der Waals surface area contributed by atoms with E-state index in [2.05, 4.69) is 4.90 Å². The van der Waals surface area contributed by atoms with Crippen molar-refractivity contribution in [3.05, 3.63) is 0 Å². The van der Waals surface area contributed by atoms with Crippen LogP contribution in [0.5, 0.6) is 0 Å². The van der Waals surface area contributed by atoms with E-state index in [0.717, 1.165) is 19.5 Å². The van der Waals surface area contributed by atoms with Crippen LogP contribution < -0.4 is 5.73 Å². The number of nitrogens with two attached hydrogens (primary N) is 1. The van der Waals surface area contributed by atoms with Crippen molar-refractivity contribution in [3.63, 3.8) is 0 Å². The Labute approximate surface area is 122 Å². The van der Waals surface area contributed by atoms with Gasteiger partial charge in [0.2, 0.25) is 0 Å². The van der Waals surface area contributed by atoms with Gasteiger partial charge in [0.1, 0.15) is 0 Å². The van der Waals surface area contributed by atoms with Crippen molar-refractivity contribution in [1.29, 1.82) is 0 Å². The first-order chi connectivity index (χ1) is 9.66. The normalized spacial score (nSPS) is 27.1. The third kappa shape index (κ3) is 4.97. The van der Waals surface area contributed by atoms with E-state index in [9.17, 15) is 10.2 Å². The summed E-state index contributed by atoms with van der Waals surface area (Å²) in [5.41, 5.74) is 6.10. The SMILES string of the molecule is N[C@@H](CC1CCCCC1)[C@@H](O)[C@H](O)CN1CCOCC1. The van der Waals surface area contributed by atoms with Crippen molar-refractivity contribution in [2.75, 3.05) is 32.8 Å². The third-order valence-electron chi connectivity index (χ3n) is 4.71. The number of aliphatic hydroxyl groups is 2. The number of hydrogen-bond acceptors (Lipinski definition) is 5. The predicted molar refractivity (Wildman–Crippen MR) is 78.4 cm³/mol. The summed E-state index contributed by atoms with van der Waals surface area (Å²) in [6.07, 6.45) is 5.59. The van der Waals surface area contributed by atoms with Crippen LogP contribution in [-0.4, -0.2) is 66.2 Å². The Hall–Kier alpha value is -0.200. The second kappa shape index (κ2) is 8.29. The molecule has 1 saturated heterocycles. The fourth-order valence-corrected chi connectivity index (χ4v) is 3.39.